The fourth-order valence-electron chi connectivity index (χ4n) is 4.58. The van der Waals surface area contributed by atoms with Crippen LogP contribution in [-0.4, -0.2) is 57.0 Å². The van der Waals surface area contributed by atoms with Gasteiger partial charge in [0.05, 0.1) is 29.8 Å². The Morgan fingerprint density at radius 1 is 1.06 bits per heavy atom. The van der Waals surface area contributed by atoms with Crippen LogP contribution in [0.4, 0.5) is 5.00 Å². The lowest BCUT2D eigenvalue weighted by atomic mass is 10.1. The Hall–Kier alpha value is -2.27. The minimum Gasteiger partial charge on any atom is -0.465 e. The summed E-state index contributed by atoms with van der Waals surface area (Å²) in [5.74, 6) is -0.857. The number of nitrogens with one attached hydrogen (secondary N) is 1. The summed E-state index contributed by atoms with van der Waals surface area (Å²) < 4.78 is 38.2. The number of rotatable bonds is 5. The quantitative estimate of drug-likeness (QED) is 0.488. The van der Waals surface area contributed by atoms with Gasteiger partial charge < -0.3 is 14.8 Å². The molecule has 1 fully saturated rings. The van der Waals surface area contributed by atoms with E-state index in [1.807, 2.05) is 13.8 Å². The number of nitrogens with zero attached hydrogens (tertiary/aromatic N) is 1. The van der Waals surface area contributed by atoms with Gasteiger partial charge >= 0.3 is 5.97 Å². The number of morpholine rings is 1. The molecule has 10 heteroatoms. The summed E-state index contributed by atoms with van der Waals surface area (Å²) >= 11 is 1.42. The number of aryl methyl sites for hydroxylation is 1. The van der Waals surface area contributed by atoms with Gasteiger partial charge in [-0.1, -0.05) is 6.42 Å². The van der Waals surface area contributed by atoms with Crippen LogP contribution in [0.25, 0.3) is 0 Å². The van der Waals surface area contributed by atoms with Crippen LogP contribution in [0.15, 0.2) is 29.2 Å². The maximum absolute atomic E-state index is 13.1. The van der Waals surface area contributed by atoms with Crippen LogP contribution in [-0.2, 0) is 32.3 Å². The van der Waals surface area contributed by atoms with Crippen LogP contribution in [0.1, 0.15) is 64.3 Å². The van der Waals surface area contributed by atoms with Crippen molar-refractivity contribution in [3.8, 4) is 0 Å². The van der Waals surface area contributed by atoms with E-state index in [4.69, 9.17) is 9.47 Å². The molecule has 2 aromatic rings. The molecular formula is C24H30N2O6S2. The summed E-state index contributed by atoms with van der Waals surface area (Å²) in [6.45, 7) is 4.26. The molecule has 0 spiro atoms. The molecule has 1 saturated heterocycles. The summed E-state index contributed by atoms with van der Waals surface area (Å²) in [6.07, 6.45) is 4.46. The van der Waals surface area contributed by atoms with E-state index in [1.165, 1.54) is 47.0 Å². The highest BCUT2D eigenvalue weighted by molar-refractivity contribution is 7.89. The molecule has 34 heavy (non-hydrogen) atoms. The van der Waals surface area contributed by atoms with Gasteiger partial charge in [0, 0.05) is 23.5 Å². The number of carbonyl (C=O) groups excluding carboxylic acids is 2. The molecule has 1 aromatic carbocycles. The molecule has 2 atom stereocenters. The Bertz CT molecular complexity index is 1160. The Morgan fingerprint density at radius 3 is 2.35 bits per heavy atom. The number of methoxy groups -OCH3 is 1. The second kappa shape index (κ2) is 10.2. The van der Waals surface area contributed by atoms with Crippen LogP contribution in [0, 0.1) is 0 Å². The van der Waals surface area contributed by atoms with Crippen LogP contribution < -0.4 is 5.32 Å². The van der Waals surface area contributed by atoms with Gasteiger partial charge in [0.25, 0.3) is 5.91 Å². The number of sulfonamides is 1. The monoisotopic (exact) mass is 506 g/mol. The molecule has 1 aliphatic heterocycles. The highest BCUT2D eigenvalue weighted by Gasteiger charge is 2.32. The van der Waals surface area contributed by atoms with Crippen molar-refractivity contribution in [3.05, 3.63) is 45.8 Å². The number of amides is 1. The van der Waals surface area contributed by atoms with E-state index in [-0.39, 0.29) is 30.2 Å². The van der Waals surface area contributed by atoms with Gasteiger partial charge in [0.1, 0.15) is 5.00 Å². The summed E-state index contributed by atoms with van der Waals surface area (Å²) in [5.41, 5.74) is 1.72. The van der Waals surface area contributed by atoms with Crippen molar-refractivity contribution in [2.24, 2.45) is 0 Å². The van der Waals surface area contributed by atoms with Gasteiger partial charge in [-0.25, -0.2) is 13.2 Å². The zero-order valence-corrected chi connectivity index (χ0v) is 21.3. The molecule has 0 radical (unpaired) electrons. The number of esters is 1. The molecule has 0 saturated carbocycles. The molecule has 1 aromatic heterocycles. The third-order valence-electron chi connectivity index (χ3n) is 6.18. The lowest BCUT2D eigenvalue weighted by Crippen LogP contribution is -2.48. The topological polar surface area (TPSA) is 102 Å². The second-order valence-electron chi connectivity index (χ2n) is 8.82. The average molecular weight is 507 g/mol. The van der Waals surface area contributed by atoms with Crippen molar-refractivity contribution in [2.75, 3.05) is 25.5 Å². The van der Waals surface area contributed by atoms with Crippen molar-refractivity contribution in [2.45, 2.75) is 63.1 Å². The summed E-state index contributed by atoms with van der Waals surface area (Å²) in [6, 6.07) is 5.87. The van der Waals surface area contributed by atoms with Gasteiger partial charge in [-0.05, 0) is 69.4 Å². The van der Waals surface area contributed by atoms with Gasteiger partial charge in [0.15, 0.2) is 0 Å². The molecule has 1 N–H and O–H groups in total. The zero-order chi connectivity index (χ0) is 24.5. The molecule has 2 aliphatic rings. The summed E-state index contributed by atoms with van der Waals surface area (Å²) in [7, 11) is -2.36. The first kappa shape index (κ1) is 24.8. The van der Waals surface area contributed by atoms with Crippen molar-refractivity contribution >= 4 is 38.2 Å². The van der Waals surface area contributed by atoms with Gasteiger partial charge in [0.2, 0.25) is 10.0 Å². The number of thiophene rings is 1. The lowest BCUT2D eigenvalue weighted by molar-refractivity contribution is -0.0440. The first-order valence-electron chi connectivity index (χ1n) is 11.5. The predicted octanol–water partition coefficient (Wildman–Crippen LogP) is 3.85. The Kier molecular flexibility index (Phi) is 7.42. The molecule has 2 heterocycles. The highest BCUT2D eigenvalue weighted by atomic mass is 32.2. The molecular weight excluding hydrogens is 476 g/mol. The Balaban J connectivity index is 1.54. The fourth-order valence-corrected chi connectivity index (χ4v) is 7.44. The maximum Gasteiger partial charge on any atom is 0.341 e. The van der Waals surface area contributed by atoms with Gasteiger partial charge in [-0.15, -0.1) is 11.3 Å². The van der Waals surface area contributed by atoms with E-state index in [2.05, 4.69) is 5.32 Å². The molecule has 8 nitrogen and oxygen atoms in total. The maximum atomic E-state index is 13.1. The van der Waals surface area contributed by atoms with Crippen molar-refractivity contribution in [1.29, 1.82) is 0 Å². The minimum atomic E-state index is -3.69. The van der Waals surface area contributed by atoms with E-state index in [9.17, 15) is 18.0 Å². The van der Waals surface area contributed by atoms with Crippen LogP contribution in [0.3, 0.4) is 0 Å². The van der Waals surface area contributed by atoms with Crippen molar-refractivity contribution in [1.82, 2.24) is 4.31 Å². The van der Waals surface area contributed by atoms with Crippen LogP contribution >= 0.6 is 11.3 Å². The molecule has 0 bridgehead atoms. The summed E-state index contributed by atoms with van der Waals surface area (Å²) in [5, 5.41) is 3.34. The third kappa shape index (κ3) is 5.05. The van der Waals surface area contributed by atoms with Crippen LogP contribution in [0.5, 0.6) is 0 Å². The molecule has 184 valence electrons. The van der Waals surface area contributed by atoms with Gasteiger partial charge in [-0.2, -0.15) is 4.31 Å². The second-order valence-corrected chi connectivity index (χ2v) is 11.9. The number of carbonyl (C=O) groups is 2. The number of anilines is 1. The summed E-state index contributed by atoms with van der Waals surface area (Å²) in [4.78, 5) is 26.7. The van der Waals surface area contributed by atoms with E-state index >= 15 is 0 Å². The number of hydrogen-bond acceptors (Lipinski definition) is 7. The molecule has 1 amide bonds. The highest BCUT2D eigenvalue weighted by Crippen LogP contribution is 2.38. The smallest absolute Gasteiger partial charge is 0.341 e. The van der Waals surface area contributed by atoms with E-state index in [1.54, 1.807) is 0 Å². The van der Waals surface area contributed by atoms with E-state index < -0.39 is 21.9 Å². The normalized spacial score (nSPS) is 21.4. The SMILES string of the molecule is COC(=O)c1c(NC(=O)c2ccc(S(=O)(=O)N3CC(C)OC(C)C3)cc2)sc2c1CCCCC2. The van der Waals surface area contributed by atoms with Gasteiger partial charge in [-0.3, -0.25) is 4.79 Å². The number of benzene rings is 1. The predicted molar refractivity (Wildman–Crippen MR) is 130 cm³/mol. The zero-order valence-electron chi connectivity index (χ0n) is 19.6. The van der Waals surface area contributed by atoms with Crippen LogP contribution in [0.2, 0.25) is 0 Å². The first-order valence-corrected chi connectivity index (χ1v) is 13.8. The molecule has 4 rings (SSSR count). The Morgan fingerprint density at radius 2 is 1.71 bits per heavy atom. The number of fused-ring (bicyclic) bond motifs is 1. The largest absolute Gasteiger partial charge is 0.465 e. The molecule has 2 unspecified atom stereocenters. The first-order chi connectivity index (χ1) is 16.2. The lowest BCUT2D eigenvalue weighted by Gasteiger charge is -2.34. The van der Waals surface area contributed by atoms with E-state index in [0.29, 0.717) is 16.1 Å². The van der Waals surface area contributed by atoms with E-state index in [0.717, 1.165) is 42.5 Å². The average Bonchev–Trinajstić information content (AvgIpc) is 2.97. The Labute approximate surface area is 204 Å². The standard InChI is InChI=1S/C24H30N2O6S2/c1-15-13-26(14-16(2)32-15)34(29,30)18-11-9-17(10-12-18)22(27)25-23-21(24(28)31-3)19-7-5-4-6-8-20(19)33-23/h9-12,15-16H,4-8,13-14H2,1-3H3,(H,25,27). The fraction of sp³-hybridized carbons (Fsp3) is 0.500. The van der Waals surface area contributed by atoms with Crippen molar-refractivity contribution in [3.63, 3.8) is 0 Å². The minimum absolute atomic E-state index is 0.128. The number of ether oxygens (including phenoxy) is 2. The third-order valence-corrected chi connectivity index (χ3v) is 9.23. The van der Waals surface area contributed by atoms with Crippen molar-refractivity contribution < 1.29 is 27.5 Å². The number of hydrogen-bond donors (Lipinski definition) is 1. The molecule has 1 aliphatic carbocycles.